The van der Waals surface area contributed by atoms with Crippen LogP contribution >= 0.6 is 0 Å². The first-order valence-electron chi connectivity index (χ1n) is 11.2. The maximum atomic E-state index is 13.6. The van der Waals surface area contributed by atoms with Gasteiger partial charge in [-0.15, -0.1) is 0 Å². The summed E-state index contributed by atoms with van der Waals surface area (Å²) in [6.45, 7) is 6.63. The van der Waals surface area contributed by atoms with Crippen LogP contribution in [-0.2, 0) is 11.3 Å². The quantitative estimate of drug-likeness (QED) is 0.756. The number of halogens is 1. The van der Waals surface area contributed by atoms with Crippen LogP contribution in [0.15, 0.2) is 42.6 Å². The van der Waals surface area contributed by atoms with E-state index in [1.54, 1.807) is 12.1 Å². The minimum Gasteiger partial charge on any atom is -0.378 e. The highest BCUT2D eigenvalue weighted by Crippen LogP contribution is 2.32. The lowest BCUT2D eigenvalue weighted by atomic mass is 9.92. The Kier molecular flexibility index (Phi) is 5.87. The first-order chi connectivity index (χ1) is 15.2. The van der Waals surface area contributed by atoms with Crippen molar-refractivity contribution in [1.82, 2.24) is 14.8 Å². The van der Waals surface area contributed by atoms with E-state index in [-0.39, 0.29) is 11.7 Å². The Balaban J connectivity index is 1.24. The topological polar surface area (TPSA) is 48.9 Å². The summed E-state index contributed by atoms with van der Waals surface area (Å²) in [5.74, 6) is 1.06. The Bertz CT molecular complexity index is 916. The standard InChI is InChI=1S/C24H29FN4O2/c25-21-5-1-3-19(13-21)24(30)29-16-20-4-2-8-28(22(20)17-29)15-18-6-7-23(26-14-18)27-9-11-31-12-10-27/h1,3,5-7,13-14,20,22H,2,4,8-12,15-17H2/t20-,22+/m1/s1. The van der Waals surface area contributed by atoms with Crippen molar-refractivity contribution in [2.24, 2.45) is 5.92 Å². The molecule has 2 aromatic rings. The minimum absolute atomic E-state index is 0.0645. The van der Waals surface area contributed by atoms with Crippen molar-refractivity contribution in [2.75, 3.05) is 50.8 Å². The van der Waals surface area contributed by atoms with Crippen molar-refractivity contribution >= 4 is 11.7 Å². The number of piperidine rings is 1. The number of carbonyl (C=O) groups is 1. The second-order valence-corrected chi connectivity index (χ2v) is 8.78. The maximum Gasteiger partial charge on any atom is 0.254 e. The fourth-order valence-corrected chi connectivity index (χ4v) is 5.16. The van der Waals surface area contributed by atoms with E-state index in [0.29, 0.717) is 24.1 Å². The van der Waals surface area contributed by atoms with Gasteiger partial charge in [0.1, 0.15) is 11.6 Å². The highest BCUT2D eigenvalue weighted by atomic mass is 19.1. The fourth-order valence-electron chi connectivity index (χ4n) is 5.16. The number of carbonyl (C=O) groups excluding carboxylic acids is 1. The average Bonchev–Trinajstić information content (AvgIpc) is 3.25. The zero-order valence-electron chi connectivity index (χ0n) is 17.8. The van der Waals surface area contributed by atoms with Gasteiger partial charge in [-0.1, -0.05) is 12.1 Å². The van der Waals surface area contributed by atoms with Crippen LogP contribution in [0.4, 0.5) is 10.2 Å². The number of amides is 1. The molecule has 0 unspecified atom stereocenters. The van der Waals surface area contributed by atoms with E-state index in [2.05, 4.69) is 26.9 Å². The zero-order chi connectivity index (χ0) is 21.2. The number of hydrogen-bond acceptors (Lipinski definition) is 5. The Morgan fingerprint density at radius 1 is 1.13 bits per heavy atom. The molecule has 3 saturated heterocycles. The summed E-state index contributed by atoms with van der Waals surface area (Å²) >= 11 is 0. The Morgan fingerprint density at radius 2 is 2.00 bits per heavy atom. The van der Waals surface area contributed by atoms with E-state index in [0.717, 1.165) is 64.6 Å². The van der Waals surface area contributed by atoms with E-state index >= 15 is 0 Å². The van der Waals surface area contributed by atoms with Crippen LogP contribution in [0.3, 0.4) is 0 Å². The Labute approximate surface area is 182 Å². The van der Waals surface area contributed by atoms with Crippen LogP contribution < -0.4 is 4.90 Å². The summed E-state index contributed by atoms with van der Waals surface area (Å²) in [5, 5.41) is 0. The predicted molar refractivity (Wildman–Crippen MR) is 116 cm³/mol. The smallest absolute Gasteiger partial charge is 0.254 e. The van der Waals surface area contributed by atoms with Gasteiger partial charge >= 0.3 is 0 Å². The first-order valence-corrected chi connectivity index (χ1v) is 11.2. The van der Waals surface area contributed by atoms with E-state index in [1.165, 1.54) is 17.7 Å². The number of fused-ring (bicyclic) bond motifs is 1. The van der Waals surface area contributed by atoms with Gasteiger partial charge in [0.25, 0.3) is 5.91 Å². The molecule has 3 aliphatic heterocycles. The molecule has 1 amide bonds. The van der Waals surface area contributed by atoms with Crippen molar-refractivity contribution in [1.29, 1.82) is 0 Å². The fraction of sp³-hybridized carbons (Fsp3) is 0.500. The molecule has 3 aliphatic rings. The molecule has 6 nitrogen and oxygen atoms in total. The molecule has 3 fully saturated rings. The Hall–Kier alpha value is -2.51. The minimum atomic E-state index is -0.364. The number of likely N-dealkylation sites (tertiary alicyclic amines) is 2. The lowest BCUT2D eigenvalue weighted by Gasteiger charge is -2.36. The number of rotatable bonds is 4. The SMILES string of the molecule is O=C(c1cccc(F)c1)N1C[C@H]2CCCN(Cc3ccc(N4CCOCC4)nc3)[C@H]2C1. The van der Waals surface area contributed by atoms with Crippen LogP contribution in [0.5, 0.6) is 0 Å². The number of ether oxygens (including phenoxy) is 1. The average molecular weight is 425 g/mol. The summed E-state index contributed by atoms with van der Waals surface area (Å²) in [6.07, 6.45) is 4.27. The largest absolute Gasteiger partial charge is 0.378 e. The summed E-state index contributed by atoms with van der Waals surface area (Å²) in [6, 6.07) is 10.6. The molecule has 0 radical (unpaired) electrons. The van der Waals surface area contributed by atoms with Gasteiger partial charge in [-0.2, -0.15) is 0 Å². The molecular weight excluding hydrogens is 395 g/mol. The number of aromatic nitrogens is 1. The molecule has 0 saturated carbocycles. The highest BCUT2D eigenvalue weighted by molar-refractivity contribution is 5.94. The van der Waals surface area contributed by atoms with Crippen molar-refractivity contribution in [3.8, 4) is 0 Å². The van der Waals surface area contributed by atoms with Gasteiger partial charge in [0.05, 0.1) is 13.2 Å². The number of pyridine rings is 1. The third kappa shape index (κ3) is 4.43. The molecule has 1 aromatic carbocycles. The van der Waals surface area contributed by atoms with Crippen LogP contribution in [0.1, 0.15) is 28.8 Å². The summed E-state index contributed by atoms with van der Waals surface area (Å²) in [4.78, 5) is 24.3. The van der Waals surface area contributed by atoms with Gasteiger partial charge < -0.3 is 14.5 Å². The number of nitrogens with zero attached hydrogens (tertiary/aromatic N) is 4. The molecule has 0 bridgehead atoms. The van der Waals surface area contributed by atoms with E-state index < -0.39 is 0 Å². The summed E-state index contributed by atoms with van der Waals surface area (Å²) in [7, 11) is 0. The van der Waals surface area contributed by atoms with Crippen LogP contribution in [0.2, 0.25) is 0 Å². The number of benzene rings is 1. The summed E-state index contributed by atoms with van der Waals surface area (Å²) < 4.78 is 19.0. The molecule has 0 spiro atoms. The van der Waals surface area contributed by atoms with Gasteiger partial charge in [-0.25, -0.2) is 9.37 Å². The third-order valence-electron chi connectivity index (χ3n) is 6.78. The molecule has 1 aromatic heterocycles. The number of morpholine rings is 1. The monoisotopic (exact) mass is 424 g/mol. The third-order valence-corrected chi connectivity index (χ3v) is 6.78. The molecule has 7 heteroatoms. The Morgan fingerprint density at radius 3 is 2.77 bits per heavy atom. The molecule has 164 valence electrons. The van der Waals surface area contributed by atoms with Gasteiger partial charge in [0.2, 0.25) is 0 Å². The van der Waals surface area contributed by atoms with Gasteiger partial charge in [-0.3, -0.25) is 9.69 Å². The lowest BCUT2D eigenvalue weighted by Crippen LogP contribution is -2.44. The van der Waals surface area contributed by atoms with Crippen LogP contribution in [0.25, 0.3) is 0 Å². The molecule has 4 heterocycles. The van der Waals surface area contributed by atoms with Crippen molar-refractivity contribution in [3.05, 3.63) is 59.5 Å². The molecule has 31 heavy (non-hydrogen) atoms. The van der Waals surface area contributed by atoms with Gasteiger partial charge in [0.15, 0.2) is 0 Å². The van der Waals surface area contributed by atoms with Crippen molar-refractivity contribution < 1.29 is 13.9 Å². The van der Waals surface area contributed by atoms with Crippen molar-refractivity contribution in [2.45, 2.75) is 25.4 Å². The van der Waals surface area contributed by atoms with E-state index in [1.807, 2.05) is 11.1 Å². The van der Waals surface area contributed by atoms with E-state index in [4.69, 9.17) is 4.74 Å². The van der Waals surface area contributed by atoms with Gasteiger partial charge in [-0.05, 0) is 55.1 Å². The molecule has 2 atom stereocenters. The second kappa shape index (κ2) is 8.93. The second-order valence-electron chi connectivity index (χ2n) is 8.78. The zero-order valence-corrected chi connectivity index (χ0v) is 17.8. The van der Waals surface area contributed by atoms with Crippen molar-refractivity contribution in [3.63, 3.8) is 0 Å². The number of anilines is 1. The first kappa shape index (κ1) is 20.4. The highest BCUT2D eigenvalue weighted by Gasteiger charge is 2.40. The molecule has 0 aliphatic carbocycles. The molecule has 0 N–H and O–H groups in total. The normalized spacial score (nSPS) is 24.3. The summed E-state index contributed by atoms with van der Waals surface area (Å²) in [5.41, 5.74) is 1.64. The van der Waals surface area contributed by atoms with Crippen LogP contribution in [0, 0.1) is 11.7 Å². The molecule has 5 rings (SSSR count). The predicted octanol–water partition coefficient (Wildman–Crippen LogP) is 2.79. The van der Waals surface area contributed by atoms with Gasteiger partial charge in [0, 0.05) is 50.5 Å². The maximum absolute atomic E-state index is 13.6. The number of hydrogen-bond donors (Lipinski definition) is 0. The lowest BCUT2D eigenvalue weighted by molar-refractivity contribution is 0.0774. The molecular formula is C24H29FN4O2. The van der Waals surface area contributed by atoms with Crippen LogP contribution in [-0.4, -0.2) is 72.7 Å². The van der Waals surface area contributed by atoms with E-state index in [9.17, 15) is 9.18 Å².